The van der Waals surface area contributed by atoms with Gasteiger partial charge < -0.3 is 9.64 Å². The van der Waals surface area contributed by atoms with Crippen molar-refractivity contribution in [1.82, 2.24) is 15.0 Å². The summed E-state index contributed by atoms with van der Waals surface area (Å²) in [5.41, 5.74) is 2.44. The molecule has 0 spiro atoms. The van der Waals surface area contributed by atoms with E-state index in [9.17, 15) is 0 Å². The van der Waals surface area contributed by atoms with E-state index in [1.54, 1.807) is 0 Å². The van der Waals surface area contributed by atoms with Gasteiger partial charge >= 0.3 is 6.01 Å². The Morgan fingerprint density at radius 1 is 1.21 bits per heavy atom. The van der Waals surface area contributed by atoms with Crippen LogP contribution >= 0.6 is 0 Å². The minimum Gasteiger partial charge on any atom is -0.461 e. The number of anilines is 2. The van der Waals surface area contributed by atoms with Crippen LogP contribution in [0.4, 0.5) is 11.9 Å². The third kappa shape index (κ3) is 4.20. The lowest BCUT2D eigenvalue weighted by Crippen LogP contribution is -2.32. The van der Waals surface area contributed by atoms with Crippen LogP contribution in [0.25, 0.3) is 0 Å². The van der Waals surface area contributed by atoms with Crippen molar-refractivity contribution < 1.29 is 4.74 Å². The van der Waals surface area contributed by atoms with Gasteiger partial charge in [0.1, 0.15) is 0 Å². The van der Waals surface area contributed by atoms with Crippen molar-refractivity contribution in [1.29, 1.82) is 0 Å². The number of nitrogens with two attached hydrogens (primary N) is 1. The standard InChI is InChI=1S/C12H24N6O/c1-6-9(7-2)18(5)11-14-10(17-13)15-12(16-11)19-8(3)4/h8-9H,6-7,13H2,1-5H3,(H,14,15,16,17). The Morgan fingerprint density at radius 3 is 2.32 bits per heavy atom. The predicted molar refractivity (Wildman–Crippen MR) is 76.2 cm³/mol. The fraction of sp³-hybridized carbons (Fsp3) is 0.750. The molecule has 1 aromatic heterocycles. The highest BCUT2D eigenvalue weighted by molar-refractivity contribution is 5.37. The first-order valence-corrected chi connectivity index (χ1v) is 6.63. The summed E-state index contributed by atoms with van der Waals surface area (Å²) in [6, 6.07) is 0.658. The van der Waals surface area contributed by atoms with Crippen molar-refractivity contribution in [2.45, 2.75) is 52.7 Å². The number of nitrogens with one attached hydrogen (secondary N) is 1. The van der Waals surface area contributed by atoms with Gasteiger partial charge in [-0.1, -0.05) is 13.8 Å². The summed E-state index contributed by atoms with van der Waals surface area (Å²) >= 11 is 0. The van der Waals surface area contributed by atoms with E-state index in [-0.39, 0.29) is 12.1 Å². The van der Waals surface area contributed by atoms with Crippen molar-refractivity contribution in [2.24, 2.45) is 5.84 Å². The van der Waals surface area contributed by atoms with Crippen LogP contribution in [0, 0.1) is 0 Å². The Hall–Kier alpha value is -1.63. The summed E-state index contributed by atoms with van der Waals surface area (Å²) in [6.07, 6.45) is 2.04. The molecule has 0 atom stereocenters. The second kappa shape index (κ2) is 7.08. The summed E-state index contributed by atoms with van der Waals surface area (Å²) in [4.78, 5) is 14.7. The highest BCUT2D eigenvalue weighted by atomic mass is 16.5. The number of rotatable bonds is 7. The predicted octanol–water partition coefficient (Wildman–Crippen LogP) is 1.57. The number of nitrogen functional groups attached to an aromatic ring is 1. The average molecular weight is 268 g/mol. The molecular weight excluding hydrogens is 244 g/mol. The smallest absolute Gasteiger partial charge is 0.323 e. The van der Waals surface area contributed by atoms with Gasteiger partial charge in [-0.2, -0.15) is 15.0 Å². The molecule has 0 aliphatic rings. The largest absolute Gasteiger partial charge is 0.461 e. The van der Waals surface area contributed by atoms with E-state index in [0.29, 0.717) is 17.9 Å². The van der Waals surface area contributed by atoms with Crippen LogP contribution in [0.2, 0.25) is 0 Å². The molecule has 0 saturated carbocycles. The van der Waals surface area contributed by atoms with Crippen LogP contribution in [0.1, 0.15) is 40.5 Å². The van der Waals surface area contributed by atoms with Gasteiger partial charge in [-0.3, -0.25) is 5.43 Å². The van der Waals surface area contributed by atoms with Gasteiger partial charge in [-0.15, -0.1) is 0 Å². The molecule has 3 N–H and O–H groups in total. The lowest BCUT2D eigenvalue weighted by molar-refractivity contribution is 0.222. The zero-order valence-electron chi connectivity index (χ0n) is 12.3. The second-order valence-corrected chi connectivity index (χ2v) is 4.63. The molecule has 0 bridgehead atoms. The number of aromatic nitrogens is 3. The van der Waals surface area contributed by atoms with E-state index in [1.165, 1.54) is 0 Å². The van der Waals surface area contributed by atoms with E-state index >= 15 is 0 Å². The monoisotopic (exact) mass is 268 g/mol. The molecule has 1 heterocycles. The normalized spacial score (nSPS) is 10.9. The van der Waals surface area contributed by atoms with Crippen molar-refractivity contribution in [3.63, 3.8) is 0 Å². The van der Waals surface area contributed by atoms with E-state index in [4.69, 9.17) is 10.6 Å². The molecule has 1 aromatic rings. The number of hydrogen-bond donors (Lipinski definition) is 2. The molecule has 0 aliphatic heterocycles. The lowest BCUT2D eigenvalue weighted by atomic mass is 10.1. The molecule has 7 nitrogen and oxygen atoms in total. The summed E-state index contributed by atoms with van der Waals surface area (Å²) in [6.45, 7) is 8.12. The van der Waals surface area contributed by atoms with Crippen LogP contribution in [0.3, 0.4) is 0 Å². The Kier molecular flexibility index (Phi) is 5.75. The number of ether oxygens (including phenoxy) is 1. The molecule has 19 heavy (non-hydrogen) atoms. The molecule has 1 rings (SSSR count). The summed E-state index contributed by atoms with van der Waals surface area (Å²) in [5.74, 6) is 6.25. The fourth-order valence-corrected chi connectivity index (χ4v) is 1.83. The average Bonchev–Trinajstić information content (AvgIpc) is 2.38. The molecule has 0 aromatic carbocycles. The molecule has 0 amide bonds. The highest BCUT2D eigenvalue weighted by Crippen LogP contribution is 2.18. The first kappa shape index (κ1) is 15.4. The first-order chi connectivity index (χ1) is 9.01. The summed E-state index contributed by atoms with van der Waals surface area (Å²) < 4.78 is 5.51. The van der Waals surface area contributed by atoms with Gasteiger partial charge in [-0.25, -0.2) is 5.84 Å². The first-order valence-electron chi connectivity index (χ1n) is 6.63. The Balaban J connectivity index is 3.04. The molecule has 7 heteroatoms. The molecule has 0 fully saturated rings. The van der Waals surface area contributed by atoms with E-state index < -0.39 is 0 Å². The van der Waals surface area contributed by atoms with Gasteiger partial charge in [0.25, 0.3) is 0 Å². The third-order valence-corrected chi connectivity index (χ3v) is 2.88. The Morgan fingerprint density at radius 2 is 1.84 bits per heavy atom. The maximum absolute atomic E-state index is 5.51. The van der Waals surface area contributed by atoms with Gasteiger partial charge in [0.05, 0.1) is 6.10 Å². The van der Waals surface area contributed by atoms with Crippen molar-refractivity contribution in [3.05, 3.63) is 0 Å². The minimum atomic E-state index is -0.000622. The zero-order valence-corrected chi connectivity index (χ0v) is 12.3. The second-order valence-electron chi connectivity index (χ2n) is 4.63. The number of hydrazine groups is 1. The molecular formula is C12H24N6O. The van der Waals surface area contributed by atoms with Gasteiger partial charge in [-0.05, 0) is 26.7 Å². The van der Waals surface area contributed by atoms with E-state index in [1.807, 2.05) is 25.8 Å². The molecule has 0 saturated heterocycles. The van der Waals surface area contributed by atoms with Crippen molar-refractivity contribution in [2.75, 3.05) is 17.4 Å². The molecule has 0 radical (unpaired) electrons. The molecule has 0 unspecified atom stereocenters. The molecule has 0 aliphatic carbocycles. The topological polar surface area (TPSA) is 89.2 Å². The van der Waals surface area contributed by atoms with Gasteiger partial charge in [0.15, 0.2) is 0 Å². The molecule has 108 valence electrons. The number of nitrogens with zero attached hydrogens (tertiary/aromatic N) is 4. The van der Waals surface area contributed by atoms with Crippen LogP contribution in [0.15, 0.2) is 0 Å². The van der Waals surface area contributed by atoms with E-state index in [2.05, 4.69) is 34.2 Å². The third-order valence-electron chi connectivity index (χ3n) is 2.88. The Labute approximate surface area is 114 Å². The SMILES string of the molecule is CCC(CC)N(C)c1nc(NN)nc(OC(C)C)n1. The summed E-state index contributed by atoms with van der Waals surface area (Å²) in [7, 11) is 1.96. The van der Waals surface area contributed by atoms with Crippen LogP contribution in [0.5, 0.6) is 6.01 Å². The Bertz CT molecular complexity index is 394. The highest BCUT2D eigenvalue weighted by Gasteiger charge is 2.17. The maximum Gasteiger partial charge on any atom is 0.323 e. The van der Waals surface area contributed by atoms with Crippen molar-refractivity contribution in [3.8, 4) is 6.01 Å². The lowest BCUT2D eigenvalue weighted by Gasteiger charge is -2.26. The van der Waals surface area contributed by atoms with Gasteiger partial charge in [0, 0.05) is 13.1 Å². The van der Waals surface area contributed by atoms with Gasteiger partial charge in [0.2, 0.25) is 11.9 Å². The quantitative estimate of drug-likeness (QED) is 0.573. The van der Waals surface area contributed by atoms with Crippen LogP contribution in [-0.4, -0.2) is 34.1 Å². The van der Waals surface area contributed by atoms with Crippen LogP contribution < -0.4 is 20.9 Å². The van der Waals surface area contributed by atoms with E-state index in [0.717, 1.165) is 12.8 Å². The van der Waals surface area contributed by atoms with Crippen molar-refractivity contribution >= 4 is 11.9 Å². The zero-order chi connectivity index (χ0) is 14.4. The van der Waals surface area contributed by atoms with Crippen LogP contribution in [-0.2, 0) is 0 Å². The summed E-state index contributed by atoms with van der Waals surface area (Å²) in [5, 5.41) is 0. The number of hydrogen-bond acceptors (Lipinski definition) is 7. The minimum absolute atomic E-state index is 0.000622. The maximum atomic E-state index is 5.51. The fourth-order valence-electron chi connectivity index (χ4n) is 1.83.